The first-order chi connectivity index (χ1) is 8.11. The second-order valence-electron chi connectivity index (χ2n) is 5.47. The Kier molecular flexibility index (Phi) is 3.67. The van der Waals surface area contributed by atoms with Gasteiger partial charge in [0.25, 0.3) is 0 Å². The van der Waals surface area contributed by atoms with E-state index < -0.39 is 5.97 Å². The first-order valence-electron chi connectivity index (χ1n) is 6.42. The van der Waals surface area contributed by atoms with Crippen molar-refractivity contribution in [2.45, 2.75) is 38.6 Å². The highest BCUT2D eigenvalue weighted by atomic mass is 16.4. The smallest absolute Gasteiger partial charge is 0.320 e. The van der Waals surface area contributed by atoms with Gasteiger partial charge in [-0.05, 0) is 25.8 Å². The first-order valence-corrected chi connectivity index (χ1v) is 6.42. The van der Waals surface area contributed by atoms with E-state index >= 15 is 0 Å². The van der Waals surface area contributed by atoms with Crippen LogP contribution in [-0.4, -0.2) is 35.1 Å². The lowest BCUT2D eigenvalue weighted by molar-refractivity contribution is -0.145. The molecule has 2 unspecified atom stereocenters. The number of nitrogens with zero attached hydrogens (tertiary/aromatic N) is 1. The number of allylic oxidation sites excluding steroid dienone is 3. The molecule has 2 aliphatic rings. The van der Waals surface area contributed by atoms with Crippen molar-refractivity contribution >= 4 is 5.97 Å². The van der Waals surface area contributed by atoms with Crippen molar-refractivity contribution in [3.8, 4) is 0 Å². The van der Waals surface area contributed by atoms with Crippen LogP contribution in [0.3, 0.4) is 0 Å². The van der Waals surface area contributed by atoms with Crippen LogP contribution in [0.25, 0.3) is 0 Å². The molecule has 1 heterocycles. The fraction of sp³-hybridized carbons (Fsp3) is 0.643. The molecule has 3 nitrogen and oxygen atoms in total. The maximum atomic E-state index is 11.2. The highest BCUT2D eigenvalue weighted by Gasteiger charge is 2.33. The molecule has 94 valence electrons. The van der Waals surface area contributed by atoms with E-state index in [0.29, 0.717) is 0 Å². The standard InChI is InChI=1S/C14H21NO2/c1-14(8-4-2-5-9-14)11-15-10-6-3-7-12(15)13(16)17/h2,4-5,8,12H,3,6-7,9-11H2,1H3,(H,16,17). The Balaban J connectivity index is 2.03. The van der Waals surface area contributed by atoms with Crippen molar-refractivity contribution in [2.24, 2.45) is 5.41 Å². The van der Waals surface area contributed by atoms with Crippen molar-refractivity contribution in [2.75, 3.05) is 13.1 Å². The van der Waals surface area contributed by atoms with Gasteiger partial charge in [0.2, 0.25) is 0 Å². The molecule has 1 aliphatic heterocycles. The van der Waals surface area contributed by atoms with Gasteiger partial charge in [-0.2, -0.15) is 0 Å². The van der Waals surface area contributed by atoms with Gasteiger partial charge in [0.15, 0.2) is 0 Å². The van der Waals surface area contributed by atoms with Crippen molar-refractivity contribution in [1.82, 2.24) is 4.90 Å². The summed E-state index contributed by atoms with van der Waals surface area (Å²) in [7, 11) is 0. The number of piperidine rings is 1. The number of aliphatic carboxylic acids is 1. The number of hydrogen-bond donors (Lipinski definition) is 1. The normalized spacial score (nSPS) is 33.8. The maximum Gasteiger partial charge on any atom is 0.320 e. The molecule has 0 amide bonds. The molecular weight excluding hydrogens is 214 g/mol. The first kappa shape index (κ1) is 12.4. The summed E-state index contributed by atoms with van der Waals surface area (Å²) in [6.07, 6.45) is 12.5. The summed E-state index contributed by atoms with van der Waals surface area (Å²) < 4.78 is 0. The average molecular weight is 235 g/mol. The fourth-order valence-electron chi connectivity index (χ4n) is 2.81. The third-order valence-electron chi connectivity index (χ3n) is 3.79. The van der Waals surface area contributed by atoms with Gasteiger partial charge in [-0.1, -0.05) is 37.6 Å². The monoisotopic (exact) mass is 235 g/mol. The van der Waals surface area contributed by atoms with Crippen molar-refractivity contribution in [1.29, 1.82) is 0 Å². The van der Waals surface area contributed by atoms with E-state index in [0.717, 1.165) is 38.8 Å². The van der Waals surface area contributed by atoms with Gasteiger partial charge < -0.3 is 5.11 Å². The number of hydrogen-bond acceptors (Lipinski definition) is 2. The lowest BCUT2D eigenvalue weighted by Gasteiger charge is -2.39. The van der Waals surface area contributed by atoms with E-state index in [9.17, 15) is 9.90 Å². The Hall–Kier alpha value is -1.09. The Bertz CT molecular complexity index is 348. The van der Waals surface area contributed by atoms with Crippen LogP contribution in [0.2, 0.25) is 0 Å². The van der Waals surface area contributed by atoms with Gasteiger partial charge in [0.1, 0.15) is 6.04 Å². The summed E-state index contributed by atoms with van der Waals surface area (Å²) in [5.41, 5.74) is 0.0970. The molecule has 0 aromatic carbocycles. The summed E-state index contributed by atoms with van der Waals surface area (Å²) in [6, 6.07) is -0.278. The third-order valence-corrected chi connectivity index (χ3v) is 3.79. The lowest BCUT2D eigenvalue weighted by Crippen LogP contribution is -2.48. The minimum Gasteiger partial charge on any atom is -0.480 e. The zero-order valence-electron chi connectivity index (χ0n) is 10.4. The van der Waals surface area contributed by atoms with Crippen molar-refractivity contribution < 1.29 is 9.90 Å². The maximum absolute atomic E-state index is 11.2. The van der Waals surface area contributed by atoms with Crippen LogP contribution in [0.15, 0.2) is 24.3 Å². The highest BCUT2D eigenvalue weighted by molar-refractivity contribution is 5.73. The molecule has 17 heavy (non-hydrogen) atoms. The number of carboxylic acids is 1. The van der Waals surface area contributed by atoms with E-state index in [1.807, 2.05) is 0 Å². The Morgan fingerprint density at radius 3 is 2.94 bits per heavy atom. The molecular formula is C14H21NO2. The van der Waals surface area contributed by atoms with Crippen LogP contribution in [0.1, 0.15) is 32.6 Å². The lowest BCUT2D eigenvalue weighted by atomic mass is 9.82. The second-order valence-corrected chi connectivity index (χ2v) is 5.47. The van der Waals surface area contributed by atoms with Crippen molar-refractivity contribution in [3.05, 3.63) is 24.3 Å². The summed E-state index contributed by atoms with van der Waals surface area (Å²) in [4.78, 5) is 13.4. The molecule has 2 atom stereocenters. The minimum absolute atomic E-state index is 0.0970. The molecule has 0 bridgehead atoms. The van der Waals surface area contributed by atoms with E-state index in [1.54, 1.807) is 0 Å². The number of rotatable bonds is 3. The SMILES string of the molecule is CC1(CN2CCCCC2C(=O)O)C=CC=CC1. The van der Waals surface area contributed by atoms with Crippen molar-refractivity contribution in [3.63, 3.8) is 0 Å². The molecule has 1 saturated heterocycles. The number of carboxylic acid groups (broad SMARTS) is 1. The fourth-order valence-corrected chi connectivity index (χ4v) is 2.81. The third kappa shape index (κ3) is 2.97. The minimum atomic E-state index is -0.663. The van der Waals surface area contributed by atoms with Gasteiger partial charge in [-0.25, -0.2) is 0 Å². The van der Waals surface area contributed by atoms with Gasteiger partial charge in [0, 0.05) is 12.0 Å². The van der Waals surface area contributed by atoms with E-state index in [2.05, 4.69) is 36.1 Å². The molecule has 0 spiro atoms. The van der Waals surface area contributed by atoms with E-state index in [-0.39, 0.29) is 11.5 Å². The molecule has 0 saturated carbocycles. The van der Waals surface area contributed by atoms with Crippen LogP contribution in [-0.2, 0) is 4.79 Å². The van der Waals surface area contributed by atoms with Gasteiger partial charge in [-0.15, -0.1) is 0 Å². The molecule has 1 N–H and O–H groups in total. The predicted octanol–water partition coefficient (Wildman–Crippen LogP) is 2.45. The van der Waals surface area contributed by atoms with Crippen LogP contribution in [0.5, 0.6) is 0 Å². The van der Waals surface area contributed by atoms with Crippen LogP contribution >= 0.6 is 0 Å². The summed E-state index contributed by atoms with van der Waals surface area (Å²) in [6.45, 7) is 3.98. The van der Waals surface area contributed by atoms with Crippen LogP contribution in [0.4, 0.5) is 0 Å². The topological polar surface area (TPSA) is 40.5 Å². The van der Waals surface area contributed by atoms with E-state index in [1.165, 1.54) is 0 Å². The summed E-state index contributed by atoms with van der Waals surface area (Å²) in [5, 5.41) is 9.25. The Labute approximate surface area is 103 Å². The number of carbonyl (C=O) groups is 1. The number of likely N-dealkylation sites (tertiary alicyclic amines) is 1. The molecule has 1 aliphatic carbocycles. The molecule has 0 aromatic heterocycles. The molecule has 1 fully saturated rings. The second kappa shape index (κ2) is 5.05. The zero-order valence-corrected chi connectivity index (χ0v) is 10.4. The molecule has 0 aromatic rings. The summed E-state index contributed by atoms with van der Waals surface area (Å²) in [5.74, 6) is -0.663. The molecule has 0 radical (unpaired) electrons. The van der Waals surface area contributed by atoms with E-state index in [4.69, 9.17) is 0 Å². The van der Waals surface area contributed by atoms with Gasteiger partial charge in [-0.3, -0.25) is 9.69 Å². The largest absolute Gasteiger partial charge is 0.480 e. The highest BCUT2D eigenvalue weighted by Crippen LogP contribution is 2.30. The quantitative estimate of drug-likeness (QED) is 0.817. The van der Waals surface area contributed by atoms with Gasteiger partial charge in [0.05, 0.1) is 0 Å². The zero-order chi connectivity index (χ0) is 12.3. The van der Waals surface area contributed by atoms with Crippen LogP contribution < -0.4 is 0 Å². The Morgan fingerprint density at radius 1 is 1.47 bits per heavy atom. The molecule has 2 rings (SSSR count). The predicted molar refractivity (Wildman–Crippen MR) is 67.9 cm³/mol. The van der Waals surface area contributed by atoms with Crippen LogP contribution in [0, 0.1) is 5.41 Å². The Morgan fingerprint density at radius 2 is 2.29 bits per heavy atom. The summed E-state index contributed by atoms with van der Waals surface area (Å²) >= 11 is 0. The van der Waals surface area contributed by atoms with Gasteiger partial charge >= 0.3 is 5.97 Å². The average Bonchev–Trinajstić information content (AvgIpc) is 2.29. The molecule has 3 heteroatoms.